The minimum atomic E-state index is 0.0230. The molecular formula is C22H26N2O2. The van der Waals surface area contributed by atoms with Gasteiger partial charge in [-0.1, -0.05) is 54.6 Å². The third-order valence-electron chi connectivity index (χ3n) is 5.18. The van der Waals surface area contributed by atoms with E-state index in [1.54, 1.807) is 0 Å². The molecule has 3 rings (SSSR count). The van der Waals surface area contributed by atoms with E-state index in [1.807, 2.05) is 59.5 Å². The average Bonchev–Trinajstić information content (AvgIpc) is 2.72. The first kappa shape index (κ1) is 18.3. The van der Waals surface area contributed by atoms with E-state index < -0.39 is 0 Å². The number of ketones is 1. The first-order valence-corrected chi connectivity index (χ1v) is 9.34. The van der Waals surface area contributed by atoms with Crippen molar-refractivity contribution in [2.24, 2.45) is 11.7 Å². The maximum absolute atomic E-state index is 12.4. The number of Topliss-reactive ketones (excluding diaryl/α,β-unsaturated/α-hetero) is 1. The molecule has 0 atom stereocenters. The Bertz CT molecular complexity index is 732. The van der Waals surface area contributed by atoms with Gasteiger partial charge in [0, 0.05) is 31.5 Å². The molecular weight excluding hydrogens is 324 g/mol. The second-order valence-corrected chi connectivity index (χ2v) is 6.93. The van der Waals surface area contributed by atoms with Crippen LogP contribution in [0.1, 0.15) is 36.0 Å². The minimum absolute atomic E-state index is 0.0230. The molecule has 2 N–H and O–H groups in total. The van der Waals surface area contributed by atoms with Gasteiger partial charge in [0.15, 0.2) is 5.78 Å². The normalized spacial score (nSPS) is 15.0. The van der Waals surface area contributed by atoms with Crippen molar-refractivity contribution in [1.82, 2.24) is 4.90 Å². The predicted octanol–water partition coefficient (Wildman–Crippen LogP) is 3.51. The summed E-state index contributed by atoms with van der Waals surface area (Å²) in [5.74, 6) is 0.633. The highest BCUT2D eigenvalue weighted by Crippen LogP contribution is 2.20. The fourth-order valence-corrected chi connectivity index (χ4v) is 3.42. The highest BCUT2D eigenvalue weighted by Gasteiger charge is 2.22. The Morgan fingerprint density at radius 1 is 0.885 bits per heavy atom. The fourth-order valence-electron chi connectivity index (χ4n) is 3.42. The van der Waals surface area contributed by atoms with Gasteiger partial charge in [0.25, 0.3) is 0 Å². The molecule has 2 aromatic rings. The van der Waals surface area contributed by atoms with Gasteiger partial charge >= 0.3 is 0 Å². The van der Waals surface area contributed by atoms with Gasteiger partial charge in [-0.2, -0.15) is 0 Å². The van der Waals surface area contributed by atoms with Crippen molar-refractivity contribution in [3.8, 4) is 11.1 Å². The molecule has 0 radical (unpaired) electrons. The van der Waals surface area contributed by atoms with Crippen molar-refractivity contribution >= 4 is 11.7 Å². The first-order valence-electron chi connectivity index (χ1n) is 9.34. The molecule has 1 aliphatic rings. The van der Waals surface area contributed by atoms with Crippen LogP contribution in [0.15, 0.2) is 54.6 Å². The molecule has 0 saturated carbocycles. The van der Waals surface area contributed by atoms with Crippen molar-refractivity contribution in [2.75, 3.05) is 19.6 Å². The van der Waals surface area contributed by atoms with E-state index in [4.69, 9.17) is 5.73 Å². The van der Waals surface area contributed by atoms with Crippen LogP contribution in [0.25, 0.3) is 11.1 Å². The lowest BCUT2D eigenvalue weighted by Gasteiger charge is -2.31. The molecule has 4 nitrogen and oxygen atoms in total. The van der Waals surface area contributed by atoms with E-state index in [9.17, 15) is 9.59 Å². The molecule has 1 amide bonds. The zero-order chi connectivity index (χ0) is 18.4. The molecule has 0 spiro atoms. The molecule has 0 aromatic heterocycles. The van der Waals surface area contributed by atoms with Gasteiger partial charge in [-0.25, -0.2) is 0 Å². The molecule has 1 fully saturated rings. The van der Waals surface area contributed by atoms with Crippen molar-refractivity contribution in [3.63, 3.8) is 0 Å². The van der Waals surface area contributed by atoms with Crippen molar-refractivity contribution in [1.29, 1.82) is 0 Å². The Balaban J connectivity index is 1.51. The molecule has 1 saturated heterocycles. The summed E-state index contributed by atoms with van der Waals surface area (Å²) >= 11 is 0. The minimum Gasteiger partial charge on any atom is -0.343 e. The van der Waals surface area contributed by atoms with Gasteiger partial charge in [0.1, 0.15) is 0 Å². The SMILES string of the molecule is NCC1CCN(C(=O)CCC(=O)c2ccc(-c3ccccc3)cc2)CC1. The zero-order valence-electron chi connectivity index (χ0n) is 15.1. The maximum Gasteiger partial charge on any atom is 0.223 e. The molecule has 136 valence electrons. The van der Waals surface area contributed by atoms with Crippen LogP contribution < -0.4 is 5.73 Å². The van der Waals surface area contributed by atoms with E-state index in [0.717, 1.165) is 37.1 Å². The largest absolute Gasteiger partial charge is 0.343 e. The highest BCUT2D eigenvalue weighted by atomic mass is 16.2. The molecule has 1 heterocycles. The van der Waals surface area contributed by atoms with E-state index in [2.05, 4.69) is 0 Å². The molecule has 0 unspecified atom stereocenters. The number of hydrogen-bond acceptors (Lipinski definition) is 3. The number of hydrogen-bond donors (Lipinski definition) is 1. The van der Waals surface area contributed by atoms with Crippen LogP contribution >= 0.6 is 0 Å². The standard InChI is InChI=1S/C22H26N2O2/c23-16-17-12-14-24(15-13-17)22(26)11-10-21(25)20-8-6-19(7-9-20)18-4-2-1-3-5-18/h1-9,17H,10-16,23H2. The van der Waals surface area contributed by atoms with Gasteiger partial charge in [-0.15, -0.1) is 0 Å². The van der Waals surface area contributed by atoms with Crippen LogP contribution in [0, 0.1) is 5.92 Å². The number of nitrogens with zero attached hydrogens (tertiary/aromatic N) is 1. The van der Waals surface area contributed by atoms with Crippen molar-refractivity contribution < 1.29 is 9.59 Å². The van der Waals surface area contributed by atoms with Crippen LogP contribution in [0.5, 0.6) is 0 Å². The van der Waals surface area contributed by atoms with E-state index >= 15 is 0 Å². The second kappa shape index (κ2) is 8.77. The summed E-state index contributed by atoms with van der Waals surface area (Å²) in [6, 6.07) is 17.7. The van der Waals surface area contributed by atoms with Crippen LogP contribution in [0.4, 0.5) is 0 Å². The third-order valence-corrected chi connectivity index (χ3v) is 5.18. The third kappa shape index (κ3) is 4.58. The van der Waals surface area contributed by atoms with Crippen LogP contribution in [0.3, 0.4) is 0 Å². The second-order valence-electron chi connectivity index (χ2n) is 6.93. The number of carbonyl (C=O) groups excluding carboxylic acids is 2. The Morgan fingerprint density at radius 3 is 2.12 bits per heavy atom. The summed E-state index contributed by atoms with van der Waals surface area (Å²) in [5, 5.41) is 0. The summed E-state index contributed by atoms with van der Waals surface area (Å²) in [6.45, 7) is 2.22. The first-order chi connectivity index (χ1) is 12.7. The van der Waals surface area contributed by atoms with Gasteiger partial charge in [-0.05, 0) is 36.4 Å². The number of piperidine rings is 1. The summed E-state index contributed by atoms with van der Waals surface area (Å²) in [6.07, 6.45) is 2.49. The Kier molecular flexibility index (Phi) is 6.18. The maximum atomic E-state index is 12.4. The number of rotatable bonds is 6. The van der Waals surface area contributed by atoms with Crippen LogP contribution in [0.2, 0.25) is 0 Å². The molecule has 0 aliphatic carbocycles. The summed E-state index contributed by atoms with van der Waals surface area (Å²) in [7, 11) is 0. The molecule has 4 heteroatoms. The van der Waals surface area contributed by atoms with Crippen LogP contribution in [-0.2, 0) is 4.79 Å². The fraction of sp³-hybridized carbons (Fsp3) is 0.364. The number of benzene rings is 2. The quantitative estimate of drug-likeness (QED) is 0.811. The highest BCUT2D eigenvalue weighted by molar-refractivity contribution is 5.98. The van der Waals surface area contributed by atoms with Crippen molar-refractivity contribution in [3.05, 3.63) is 60.2 Å². The smallest absolute Gasteiger partial charge is 0.223 e. The van der Waals surface area contributed by atoms with Gasteiger partial charge in [0.2, 0.25) is 5.91 Å². The van der Waals surface area contributed by atoms with Crippen LogP contribution in [-0.4, -0.2) is 36.2 Å². The molecule has 26 heavy (non-hydrogen) atoms. The zero-order valence-corrected chi connectivity index (χ0v) is 15.1. The lowest BCUT2D eigenvalue weighted by Crippen LogP contribution is -2.40. The Hall–Kier alpha value is -2.46. The average molecular weight is 350 g/mol. The van der Waals surface area contributed by atoms with E-state index in [-0.39, 0.29) is 24.5 Å². The lowest BCUT2D eigenvalue weighted by molar-refractivity contribution is -0.132. The predicted molar refractivity (Wildman–Crippen MR) is 104 cm³/mol. The molecule has 0 bridgehead atoms. The number of likely N-dealkylation sites (tertiary alicyclic amines) is 1. The Morgan fingerprint density at radius 2 is 1.50 bits per heavy atom. The molecule has 2 aromatic carbocycles. The monoisotopic (exact) mass is 350 g/mol. The van der Waals surface area contributed by atoms with Gasteiger partial charge in [0.05, 0.1) is 0 Å². The number of carbonyl (C=O) groups is 2. The van der Waals surface area contributed by atoms with E-state index in [0.29, 0.717) is 18.0 Å². The van der Waals surface area contributed by atoms with Crippen molar-refractivity contribution in [2.45, 2.75) is 25.7 Å². The summed E-state index contributed by atoms with van der Waals surface area (Å²) in [5.41, 5.74) is 8.56. The molecule has 1 aliphatic heterocycles. The topological polar surface area (TPSA) is 63.4 Å². The lowest BCUT2D eigenvalue weighted by atomic mass is 9.96. The summed E-state index contributed by atoms with van der Waals surface area (Å²) < 4.78 is 0. The van der Waals surface area contributed by atoms with Gasteiger partial charge in [-0.3, -0.25) is 9.59 Å². The van der Waals surface area contributed by atoms with E-state index in [1.165, 1.54) is 0 Å². The Labute approximate surface area is 155 Å². The van der Waals surface area contributed by atoms with Gasteiger partial charge < -0.3 is 10.6 Å². The number of amides is 1. The summed E-state index contributed by atoms with van der Waals surface area (Å²) in [4.78, 5) is 26.6. The number of nitrogens with two attached hydrogens (primary N) is 1.